The fourth-order valence-corrected chi connectivity index (χ4v) is 2.20. The molecule has 0 heterocycles. The van der Waals surface area contributed by atoms with Gasteiger partial charge < -0.3 is 5.11 Å². The minimum atomic E-state index is -0.671. The van der Waals surface area contributed by atoms with E-state index in [9.17, 15) is 4.79 Å². The Morgan fingerprint density at radius 2 is 1.79 bits per heavy atom. The summed E-state index contributed by atoms with van der Waals surface area (Å²) in [4.78, 5) is 10.4. The van der Waals surface area contributed by atoms with Crippen LogP contribution in [0.3, 0.4) is 0 Å². The summed E-state index contributed by atoms with van der Waals surface area (Å²) in [5.41, 5.74) is 0. The molecule has 0 bridgehead atoms. The van der Waals surface area contributed by atoms with E-state index in [2.05, 4.69) is 26.0 Å². The van der Waals surface area contributed by atoms with Gasteiger partial charge in [-0.1, -0.05) is 64.5 Å². The molecule has 0 saturated carbocycles. The zero-order chi connectivity index (χ0) is 14.3. The Kier molecular flexibility index (Phi) is 13.1. The van der Waals surface area contributed by atoms with E-state index in [4.69, 9.17) is 5.11 Å². The highest BCUT2D eigenvalue weighted by atomic mass is 16.4. The van der Waals surface area contributed by atoms with Crippen LogP contribution in [0.2, 0.25) is 0 Å². The summed E-state index contributed by atoms with van der Waals surface area (Å²) >= 11 is 0. The van der Waals surface area contributed by atoms with E-state index >= 15 is 0 Å². The maximum absolute atomic E-state index is 10.4. The molecule has 0 radical (unpaired) electrons. The molecule has 0 aliphatic rings. The Labute approximate surface area is 119 Å². The lowest BCUT2D eigenvalue weighted by Gasteiger charge is -2.07. The van der Waals surface area contributed by atoms with Gasteiger partial charge in [0.2, 0.25) is 0 Å². The molecule has 112 valence electrons. The van der Waals surface area contributed by atoms with Gasteiger partial charge in [0.25, 0.3) is 0 Å². The summed E-state index contributed by atoms with van der Waals surface area (Å²) in [6.45, 7) is 4.50. The molecule has 0 amide bonds. The van der Waals surface area contributed by atoms with E-state index in [0.29, 0.717) is 12.3 Å². The van der Waals surface area contributed by atoms with Crippen molar-refractivity contribution in [3.63, 3.8) is 0 Å². The summed E-state index contributed by atoms with van der Waals surface area (Å²) in [7, 11) is 0. The third-order valence-electron chi connectivity index (χ3n) is 3.52. The molecule has 2 heteroatoms. The average Bonchev–Trinajstić information content (AvgIpc) is 2.37. The van der Waals surface area contributed by atoms with Crippen molar-refractivity contribution in [2.45, 2.75) is 84.5 Å². The number of allylic oxidation sites excluding steroid dienone is 2. The molecule has 1 atom stereocenters. The summed E-state index contributed by atoms with van der Waals surface area (Å²) < 4.78 is 0. The van der Waals surface area contributed by atoms with Crippen molar-refractivity contribution < 1.29 is 9.90 Å². The van der Waals surface area contributed by atoms with Gasteiger partial charge in [-0.2, -0.15) is 0 Å². The van der Waals surface area contributed by atoms with Crippen LogP contribution in [-0.4, -0.2) is 11.1 Å². The number of carbonyl (C=O) groups is 1. The molecule has 0 spiro atoms. The summed E-state index contributed by atoms with van der Waals surface area (Å²) in [5.74, 6) is 0.0146. The Morgan fingerprint density at radius 1 is 1.05 bits per heavy atom. The van der Waals surface area contributed by atoms with Crippen LogP contribution in [-0.2, 0) is 4.79 Å². The Hall–Kier alpha value is -0.790. The summed E-state index contributed by atoms with van der Waals surface area (Å²) in [5, 5.41) is 8.55. The molecule has 0 aliphatic heterocycles. The second-order valence-electron chi connectivity index (χ2n) is 5.65. The fraction of sp³-hybridized carbons (Fsp3) is 0.824. The number of aliphatic carboxylic acids is 1. The fourth-order valence-electron chi connectivity index (χ4n) is 2.20. The van der Waals surface area contributed by atoms with E-state index in [1.165, 1.54) is 38.5 Å². The van der Waals surface area contributed by atoms with Crippen molar-refractivity contribution >= 4 is 5.97 Å². The molecule has 0 saturated heterocycles. The maximum atomic E-state index is 10.4. The predicted molar refractivity (Wildman–Crippen MR) is 82.4 cm³/mol. The van der Waals surface area contributed by atoms with E-state index in [0.717, 1.165) is 25.7 Å². The Balaban J connectivity index is 3.31. The zero-order valence-electron chi connectivity index (χ0n) is 12.9. The van der Waals surface area contributed by atoms with Gasteiger partial charge in [0, 0.05) is 6.42 Å². The highest BCUT2D eigenvalue weighted by Crippen LogP contribution is 2.14. The van der Waals surface area contributed by atoms with Crippen molar-refractivity contribution in [1.82, 2.24) is 0 Å². The molecule has 0 aromatic carbocycles. The van der Waals surface area contributed by atoms with Gasteiger partial charge in [0.1, 0.15) is 0 Å². The first-order chi connectivity index (χ1) is 9.16. The van der Waals surface area contributed by atoms with Gasteiger partial charge in [-0.05, 0) is 31.6 Å². The number of unbranched alkanes of at least 4 members (excludes halogenated alkanes) is 6. The highest BCUT2D eigenvalue weighted by Gasteiger charge is 2.01. The molecule has 0 fully saturated rings. The molecule has 2 nitrogen and oxygen atoms in total. The third kappa shape index (κ3) is 15.2. The normalized spacial score (nSPS) is 12.9. The molecular weight excluding hydrogens is 236 g/mol. The second-order valence-corrected chi connectivity index (χ2v) is 5.65. The van der Waals surface area contributed by atoms with Crippen LogP contribution in [0.4, 0.5) is 0 Å². The van der Waals surface area contributed by atoms with Gasteiger partial charge in [0.05, 0.1) is 0 Å². The number of rotatable bonds is 13. The smallest absolute Gasteiger partial charge is 0.303 e. The topological polar surface area (TPSA) is 37.3 Å². The van der Waals surface area contributed by atoms with Crippen molar-refractivity contribution in [1.29, 1.82) is 0 Å². The number of hydrogen-bond acceptors (Lipinski definition) is 1. The first-order valence-electron chi connectivity index (χ1n) is 8.03. The van der Waals surface area contributed by atoms with Gasteiger partial charge in [-0.3, -0.25) is 4.79 Å². The largest absolute Gasteiger partial charge is 0.481 e. The van der Waals surface area contributed by atoms with Crippen molar-refractivity contribution in [3.8, 4) is 0 Å². The van der Waals surface area contributed by atoms with Crippen LogP contribution < -0.4 is 0 Å². The van der Waals surface area contributed by atoms with Gasteiger partial charge in [-0.15, -0.1) is 0 Å². The Bertz CT molecular complexity index is 233. The summed E-state index contributed by atoms with van der Waals surface area (Å²) in [6.07, 6.45) is 17.1. The second kappa shape index (κ2) is 13.6. The van der Waals surface area contributed by atoms with Crippen LogP contribution >= 0.6 is 0 Å². The lowest BCUT2D eigenvalue weighted by molar-refractivity contribution is -0.137. The van der Waals surface area contributed by atoms with Crippen molar-refractivity contribution in [2.75, 3.05) is 0 Å². The van der Waals surface area contributed by atoms with Crippen molar-refractivity contribution in [2.24, 2.45) is 5.92 Å². The molecule has 0 aliphatic carbocycles. The maximum Gasteiger partial charge on any atom is 0.303 e. The molecule has 19 heavy (non-hydrogen) atoms. The quantitative estimate of drug-likeness (QED) is 0.350. The highest BCUT2D eigenvalue weighted by molar-refractivity contribution is 5.66. The number of carboxylic acids is 1. The molecule has 1 N–H and O–H groups in total. The minimum absolute atomic E-state index is 0.320. The molecule has 0 aromatic heterocycles. The molecule has 0 rings (SSSR count). The van der Waals surface area contributed by atoms with Crippen LogP contribution in [0.1, 0.15) is 84.5 Å². The number of hydrogen-bond donors (Lipinski definition) is 1. The minimum Gasteiger partial charge on any atom is -0.481 e. The lowest BCUT2D eigenvalue weighted by Crippen LogP contribution is -1.96. The molecule has 0 aromatic rings. The summed E-state index contributed by atoms with van der Waals surface area (Å²) in [6, 6.07) is 0. The zero-order valence-corrected chi connectivity index (χ0v) is 12.9. The molecule has 1 unspecified atom stereocenters. The van der Waals surface area contributed by atoms with E-state index in [-0.39, 0.29) is 0 Å². The van der Waals surface area contributed by atoms with Crippen LogP contribution in [0.5, 0.6) is 0 Å². The van der Waals surface area contributed by atoms with Gasteiger partial charge >= 0.3 is 5.97 Å². The van der Waals surface area contributed by atoms with E-state index in [1.807, 2.05) is 0 Å². The van der Waals surface area contributed by atoms with E-state index < -0.39 is 5.97 Å². The predicted octanol–water partition coefficient (Wildman–Crippen LogP) is 5.57. The Morgan fingerprint density at radius 3 is 2.47 bits per heavy atom. The monoisotopic (exact) mass is 268 g/mol. The standard InChI is InChI=1S/C17H32O2/c1-3-4-5-6-7-8-9-10-13-16(2)14-11-12-15-17(18)19/h9-10,16H,3-8,11-15H2,1-2H3,(H,18,19). The third-order valence-corrected chi connectivity index (χ3v) is 3.52. The average molecular weight is 268 g/mol. The van der Waals surface area contributed by atoms with Gasteiger partial charge in [0.15, 0.2) is 0 Å². The first-order valence-corrected chi connectivity index (χ1v) is 8.03. The first kappa shape index (κ1) is 18.2. The molecular formula is C17H32O2. The van der Waals surface area contributed by atoms with E-state index in [1.54, 1.807) is 0 Å². The SMILES string of the molecule is CCCCCCCC=CCC(C)CCCCC(=O)O. The van der Waals surface area contributed by atoms with Crippen LogP contribution in [0.15, 0.2) is 12.2 Å². The van der Waals surface area contributed by atoms with Gasteiger partial charge in [-0.25, -0.2) is 0 Å². The van der Waals surface area contributed by atoms with Crippen molar-refractivity contribution in [3.05, 3.63) is 12.2 Å². The number of carboxylic acid groups (broad SMARTS) is 1. The van der Waals surface area contributed by atoms with Crippen LogP contribution in [0, 0.1) is 5.92 Å². The lowest BCUT2D eigenvalue weighted by atomic mass is 9.99. The van der Waals surface area contributed by atoms with Crippen LogP contribution in [0.25, 0.3) is 0 Å².